The van der Waals surface area contributed by atoms with E-state index in [1.54, 1.807) is 18.2 Å². The van der Waals surface area contributed by atoms with Crippen LogP contribution in [0.4, 0.5) is 46.0 Å². The highest BCUT2D eigenvalue weighted by molar-refractivity contribution is 6.53. The number of nitro benzene ring substituents is 1. The van der Waals surface area contributed by atoms with Crippen molar-refractivity contribution in [2.45, 2.75) is 100 Å². The normalized spacial score (nSPS) is 15.7. The zero-order valence-corrected chi connectivity index (χ0v) is 70.0. The number of amides is 1. The summed E-state index contributed by atoms with van der Waals surface area (Å²) in [4.78, 5) is 112. The number of hydrogen-bond donors (Lipinski definition) is 14. The van der Waals surface area contributed by atoms with Crippen LogP contribution in [0, 0.1) is 33.4 Å². The molecule has 2 saturated carbocycles. The van der Waals surface area contributed by atoms with Gasteiger partial charge in [-0.15, -0.1) is 0 Å². The maximum atomic E-state index is 14.9. The van der Waals surface area contributed by atoms with E-state index >= 15 is 0 Å². The summed E-state index contributed by atoms with van der Waals surface area (Å²) in [7, 11) is 1.99. The number of piperazine rings is 3. The van der Waals surface area contributed by atoms with Crippen LogP contribution in [0.1, 0.15) is 124 Å². The van der Waals surface area contributed by atoms with Crippen LogP contribution in [0.2, 0.25) is 0 Å². The van der Waals surface area contributed by atoms with Gasteiger partial charge >= 0.3 is 23.9 Å². The van der Waals surface area contributed by atoms with E-state index in [1.807, 2.05) is 44.7 Å². The zero-order valence-electron chi connectivity index (χ0n) is 68.5. The van der Waals surface area contributed by atoms with E-state index in [2.05, 4.69) is 38.0 Å². The molecule has 4 atom stereocenters. The van der Waals surface area contributed by atoms with Gasteiger partial charge in [0.25, 0.3) is 11.6 Å². The lowest BCUT2D eigenvalue weighted by molar-refractivity contribution is -0.384. The molecule has 5 aliphatic rings. The summed E-state index contributed by atoms with van der Waals surface area (Å²) >= 11 is 10.7. The Hall–Kier alpha value is -11.4. The molecule has 9 aromatic rings. The van der Waals surface area contributed by atoms with Gasteiger partial charge in [-0.1, -0.05) is 44.0 Å². The number of hydrogen-bond acceptors (Lipinski definition) is 24. The molecule has 3 aromatic heterocycles. The molecule has 15 N–H and O–H groups in total. The first-order valence-corrected chi connectivity index (χ1v) is 41.1. The molecule has 6 aromatic carbocycles. The van der Waals surface area contributed by atoms with Crippen molar-refractivity contribution in [2.24, 2.45) is 0 Å². The molecule has 124 heavy (non-hydrogen) atoms. The quantitative estimate of drug-likeness (QED) is 0.00611. The fourth-order valence-corrected chi connectivity index (χ4v) is 14.2. The van der Waals surface area contributed by atoms with Crippen LogP contribution < -0.4 is 58.0 Å². The highest BCUT2D eigenvalue weighted by atomic mass is 35.5. The molecule has 3 unspecified atom stereocenters. The lowest BCUT2D eigenvalue weighted by atomic mass is 10.0. The Morgan fingerprint density at radius 1 is 0.556 bits per heavy atom. The number of pyridine rings is 3. The number of carbonyl (C=O) groups is 5. The number of fused-ring (bicyclic) bond motifs is 3. The number of carbonyl (C=O) groups excluding carboxylic acids is 1. The van der Waals surface area contributed by atoms with Crippen molar-refractivity contribution in [2.75, 3.05) is 145 Å². The number of aromatic carboxylic acids is 4. The van der Waals surface area contributed by atoms with E-state index in [9.17, 15) is 86.5 Å². The number of carboxylic acid groups (broad SMARTS) is 4. The van der Waals surface area contributed by atoms with Crippen molar-refractivity contribution >= 4 is 114 Å². The van der Waals surface area contributed by atoms with Gasteiger partial charge < -0.3 is 111 Å². The number of rotatable bonds is 26. The largest absolute Gasteiger partial charge is 0.507 e. The fourth-order valence-electron chi connectivity index (χ4n) is 14.1. The van der Waals surface area contributed by atoms with E-state index in [0.29, 0.717) is 76.7 Å². The third-order valence-electron chi connectivity index (χ3n) is 21.6. The summed E-state index contributed by atoms with van der Waals surface area (Å²) in [6, 6.07) is 22.6. The number of nitro groups is 1. The number of nitrogens with zero attached hydrogens (tertiary/aromatic N) is 9. The van der Waals surface area contributed by atoms with Crippen LogP contribution in [0.3, 0.4) is 0 Å². The Morgan fingerprint density at radius 3 is 1.36 bits per heavy atom. The lowest BCUT2D eigenvalue weighted by Crippen LogP contribution is -2.46. The predicted octanol–water partition coefficient (Wildman–Crippen LogP) is 7.91. The Labute approximate surface area is 718 Å². The summed E-state index contributed by atoms with van der Waals surface area (Å²) in [5.41, 5.74) is 5.95. The van der Waals surface area contributed by atoms with Crippen molar-refractivity contribution in [1.82, 2.24) is 44.8 Å². The van der Waals surface area contributed by atoms with Crippen molar-refractivity contribution in [3.63, 3.8) is 0 Å². The van der Waals surface area contributed by atoms with Gasteiger partial charge in [0, 0.05) is 180 Å². The monoisotopic (exact) mass is 1770 g/mol. The standard InChI is InChI=1S/C21H19F2N3O3.C19H22FN3O3.C17H18FN3O3.C11H12Cl2N2O5.C10H24N2O2.C7H7NO3/c1-24-6-8-25(9-7-24)19-11-18-15(10-17(19)23)20(27)16(21(28)29)12-26(18)14-4-2-13(22)3-5-14;1-2-21-5-7-22(8-6-21)17-10-16-13(9-15(17)20)18(24)14(19(25)26)11-23(16)12-3-4-12;18-13-7-11-14(8-15(13)20-5-3-19-4-6-20)21(10-1-2-10)9-12(16(11)22)17(23)24;12-10(13)11(18)14-8(5-16)9(17)6-1-3-7(4-2-6)15(19)20;1-3-9(7-13)11-5-6-12-10(4-2)8-14;8-4-1-2-5(7(10)11)6(9)3-4/h2-5,10-12H,6-9H2,1H3,(H,28,29);9-12H,2-8H2,1H3,(H,25,26);7-10,19H,1-6H2,(H,23,24);1-4,8-10,16-17H,5H2,(H,14,18);9-14H,3-8H2,1-2H3;1-3,9H,8H2,(H,10,11)/t;;;8?,9-;;/m...0../s1. The van der Waals surface area contributed by atoms with Gasteiger partial charge in [0.15, 0.2) is 4.84 Å². The Balaban J connectivity index is 0.000000173. The summed E-state index contributed by atoms with van der Waals surface area (Å²) in [5.74, 6) is -8.15. The molecule has 3 aliphatic heterocycles. The van der Waals surface area contributed by atoms with Crippen LogP contribution in [0.25, 0.3) is 38.4 Å². The molecule has 1 amide bonds. The Kier molecular flexibility index (Phi) is 34.9. The van der Waals surface area contributed by atoms with Crippen LogP contribution in [0.15, 0.2) is 136 Å². The van der Waals surface area contributed by atoms with Gasteiger partial charge in [-0.3, -0.25) is 29.3 Å². The number of nitrogen functional groups attached to an aromatic ring is 1. The molecular weight excluding hydrogens is 1670 g/mol. The van der Waals surface area contributed by atoms with Crippen LogP contribution >= 0.6 is 23.2 Å². The van der Waals surface area contributed by atoms with Gasteiger partial charge in [-0.05, 0) is 143 Å². The third-order valence-corrected chi connectivity index (χ3v) is 22.0. The molecule has 5 fully saturated rings. The summed E-state index contributed by atoms with van der Waals surface area (Å²) in [6.45, 7) is 17.7. The average molecular weight is 1770 g/mol. The molecule has 0 radical (unpaired) electrons. The van der Waals surface area contributed by atoms with E-state index in [4.69, 9.17) is 54.5 Å². The van der Waals surface area contributed by atoms with E-state index in [0.717, 1.165) is 117 Å². The summed E-state index contributed by atoms with van der Waals surface area (Å²) in [6.07, 6.45) is 8.42. The maximum Gasteiger partial charge on any atom is 0.341 e. The minimum Gasteiger partial charge on any atom is -0.507 e. The molecule has 6 heterocycles. The van der Waals surface area contributed by atoms with Gasteiger partial charge in [0.05, 0.1) is 64.4 Å². The topological polar surface area (TPSA) is 467 Å². The molecule has 3 saturated heterocycles. The van der Waals surface area contributed by atoms with E-state index in [-0.39, 0.29) is 81.7 Å². The van der Waals surface area contributed by atoms with Crippen molar-refractivity contribution in [3.05, 3.63) is 214 Å². The molecule has 0 spiro atoms. The molecule has 39 heteroatoms. The second kappa shape index (κ2) is 44.8. The smallest absolute Gasteiger partial charge is 0.341 e. The molecule has 668 valence electrons. The van der Waals surface area contributed by atoms with Gasteiger partial charge in [0.2, 0.25) is 16.3 Å². The zero-order chi connectivity index (χ0) is 90.5. The number of non-ortho nitro benzene ring substituents is 1. The number of halogens is 6. The number of aromatic nitrogens is 3. The minimum absolute atomic E-state index is 0.0374. The minimum atomic E-state index is -1.41. The predicted molar refractivity (Wildman–Crippen MR) is 463 cm³/mol. The second-order valence-corrected chi connectivity index (χ2v) is 31.1. The number of aromatic hydroxyl groups is 1. The average Bonchev–Trinajstić information content (AvgIpc) is 1.25. The number of alkyl halides is 2. The number of nitrogens with one attached hydrogen (secondary N) is 4. The van der Waals surface area contributed by atoms with Crippen LogP contribution in [0.5, 0.6) is 5.75 Å². The first-order chi connectivity index (χ1) is 59.1. The molecule has 14 rings (SSSR count). The van der Waals surface area contributed by atoms with Gasteiger partial charge in [0.1, 0.15) is 57.4 Å². The first-order valence-electron chi connectivity index (χ1n) is 40.3. The molecule has 0 bridgehead atoms. The number of benzene rings is 6. The number of phenols is 1. The maximum absolute atomic E-state index is 14.9. The number of aliphatic hydroxyl groups excluding tert-OH is 4. The number of aliphatic hydroxyl groups is 4. The van der Waals surface area contributed by atoms with Crippen molar-refractivity contribution in [3.8, 4) is 11.4 Å². The second-order valence-electron chi connectivity index (χ2n) is 30.0. The Morgan fingerprint density at radius 2 is 0.976 bits per heavy atom. The fraction of sp³-hybridized carbons (Fsp3) is 0.412. The van der Waals surface area contributed by atoms with E-state index in [1.165, 1.54) is 102 Å². The first kappa shape index (κ1) is 96.5. The SMILES string of the molecule is CCC(CO)NCCNC(CC)CO.CCN1CCN(c2cc3c(cc2F)c(=O)c(C(=O)O)cn3C2CC2)CC1.CN1CCN(c2cc3c(cc2F)c(=O)c(C(=O)O)cn3-c2ccc(F)cc2)CC1.Nc1ccc(C(=O)O)c(O)c1.O=C(NC(CO)[C@@H](O)c1ccc([N+](=O)[O-])cc1)C(Cl)Cl.O=C(O)c1cn(C2CC2)c2cc(N3CCNCC3)c(F)cc2c1=O. The van der Waals surface area contributed by atoms with Gasteiger partial charge in [-0.25, -0.2) is 36.7 Å². The van der Waals surface area contributed by atoms with Crippen molar-refractivity contribution < 1.29 is 92.4 Å². The molecular formula is C85H102Cl2F4N14O19. The third kappa shape index (κ3) is 25.0. The van der Waals surface area contributed by atoms with Gasteiger partial charge in [-0.2, -0.15) is 0 Å². The number of likely N-dealkylation sites (N-methyl/N-ethyl adjacent to an activating group) is 2. The highest BCUT2D eigenvalue weighted by Gasteiger charge is 2.32. The van der Waals surface area contributed by atoms with Crippen LogP contribution in [-0.2, 0) is 4.79 Å². The molecule has 33 nitrogen and oxygen atoms in total. The Bertz CT molecular complexity index is 5430. The number of carboxylic acids is 4. The number of nitrogens with two attached hydrogens (primary N) is 1. The number of anilines is 4. The summed E-state index contributed by atoms with van der Waals surface area (Å²) < 4.78 is 62.8. The van der Waals surface area contributed by atoms with E-state index < -0.39 is 103 Å². The summed E-state index contributed by atoms with van der Waals surface area (Å²) in [5, 5.41) is 105. The van der Waals surface area contributed by atoms with Crippen molar-refractivity contribution in [1.29, 1.82) is 0 Å². The molecule has 2 aliphatic carbocycles. The highest BCUT2D eigenvalue weighted by Crippen LogP contribution is 2.40. The lowest BCUT2D eigenvalue weighted by Gasteiger charge is -2.35. The van der Waals surface area contributed by atoms with Crippen LogP contribution in [-0.4, -0.2) is 252 Å².